The molecule has 0 aromatic heterocycles. The molecule has 0 saturated heterocycles. The van der Waals surface area contributed by atoms with Gasteiger partial charge < -0.3 is 34.6 Å². The van der Waals surface area contributed by atoms with E-state index in [1.807, 2.05) is 37.3 Å². The minimum absolute atomic E-state index is 0.0135. The Morgan fingerprint density at radius 2 is 1.32 bits per heavy atom. The predicted molar refractivity (Wildman–Crippen MR) is 172 cm³/mol. The summed E-state index contributed by atoms with van der Waals surface area (Å²) < 4.78 is 18.1. The number of hydrogen-bond donors (Lipinski definition) is 4. The molecule has 6 bridgehead atoms. The molecule has 0 amide bonds. The Morgan fingerprint density at radius 3 is 2.07 bits per heavy atom. The number of aryl methyl sites for hydroxylation is 2. The zero-order valence-corrected chi connectivity index (χ0v) is 26.0. The molecule has 44 heavy (non-hydrogen) atoms. The van der Waals surface area contributed by atoms with Crippen molar-refractivity contribution in [3.63, 3.8) is 0 Å². The summed E-state index contributed by atoms with van der Waals surface area (Å²) in [6.07, 6.45) is 6.91. The average Bonchev–Trinajstić information content (AvgIpc) is 2.95. The Bertz CT molecular complexity index is 1790. The van der Waals surface area contributed by atoms with Crippen molar-refractivity contribution in [3.05, 3.63) is 110 Å². The van der Waals surface area contributed by atoms with Crippen LogP contribution in [0.4, 0.5) is 0 Å². The summed E-state index contributed by atoms with van der Waals surface area (Å²) in [6.45, 7) is 3.69. The Kier molecular flexibility index (Phi) is 9.18. The van der Waals surface area contributed by atoms with Crippen molar-refractivity contribution in [2.45, 2.75) is 39.5 Å². The van der Waals surface area contributed by atoms with Gasteiger partial charge >= 0.3 is 0 Å². The van der Waals surface area contributed by atoms with Gasteiger partial charge in [-0.2, -0.15) is 0 Å². The van der Waals surface area contributed by atoms with Gasteiger partial charge in [0.05, 0.1) is 12.1 Å². The van der Waals surface area contributed by atoms with Gasteiger partial charge in [0, 0.05) is 40.3 Å². The molecule has 0 aliphatic carbocycles. The van der Waals surface area contributed by atoms with Crippen molar-refractivity contribution in [2.24, 2.45) is 0 Å². The van der Waals surface area contributed by atoms with E-state index in [9.17, 15) is 20.4 Å². The zero-order chi connectivity index (χ0) is 31.5. The molecule has 6 rings (SSSR count). The first-order chi connectivity index (χ1) is 21.0. The van der Waals surface area contributed by atoms with Gasteiger partial charge in [0.15, 0.2) is 23.0 Å². The van der Waals surface area contributed by atoms with Gasteiger partial charge in [0.2, 0.25) is 0 Å². The quantitative estimate of drug-likeness (QED) is 0.155. The van der Waals surface area contributed by atoms with Crippen LogP contribution in [0.1, 0.15) is 33.4 Å². The van der Waals surface area contributed by atoms with E-state index in [0.717, 1.165) is 11.1 Å². The molecule has 2 heterocycles. The Morgan fingerprint density at radius 1 is 0.659 bits per heavy atom. The van der Waals surface area contributed by atoms with Crippen LogP contribution in [-0.4, -0.2) is 27.5 Å². The Balaban J connectivity index is 1.61. The van der Waals surface area contributed by atoms with Crippen molar-refractivity contribution in [2.75, 3.05) is 7.11 Å². The van der Waals surface area contributed by atoms with E-state index in [0.29, 0.717) is 76.0 Å². The molecule has 0 saturated carbocycles. The van der Waals surface area contributed by atoms with E-state index in [1.54, 1.807) is 32.2 Å². The number of ether oxygens (including phenoxy) is 3. The summed E-state index contributed by atoms with van der Waals surface area (Å²) in [5.74, 6) is 1.72. The highest BCUT2D eigenvalue weighted by Gasteiger charge is 2.18. The number of halogens is 2. The summed E-state index contributed by atoms with van der Waals surface area (Å²) >= 11 is 13.1. The number of aromatic hydroxyl groups is 4. The second-order valence-corrected chi connectivity index (χ2v) is 11.6. The summed E-state index contributed by atoms with van der Waals surface area (Å²) in [6, 6.07) is 13.0. The molecule has 228 valence electrons. The first kappa shape index (κ1) is 31.0. The topological polar surface area (TPSA) is 109 Å². The fourth-order valence-electron chi connectivity index (χ4n) is 5.07. The van der Waals surface area contributed by atoms with Gasteiger partial charge in [0.25, 0.3) is 0 Å². The third-order valence-corrected chi connectivity index (χ3v) is 7.93. The van der Waals surface area contributed by atoms with Crippen LogP contribution in [0.3, 0.4) is 0 Å². The van der Waals surface area contributed by atoms with Gasteiger partial charge in [-0.3, -0.25) is 0 Å². The fourth-order valence-corrected chi connectivity index (χ4v) is 5.49. The lowest BCUT2D eigenvalue weighted by atomic mass is 10.0. The molecule has 0 atom stereocenters. The minimum Gasteiger partial charge on any atom is -0.508 e. The number of allylic oxidation sites excluding steroid dienone is 4. The summed E-state index contributed by atoms with van der Waals surface area (Å²) in [4.78, 5) is 0. The van der Waals surface area contributed by atoms with Crippen LogP contribution >= 0.6 is 23.2 Å². The van der Waals surface area contributed by atoms with Crippen LogP contribution < -0.4 is 14.2 Å². The van der Waals surface area contributed by atoms with Crippen molar-refractivity contribution in [3.8, 4) is 51.7 Å². The lowest BCUT2D eigenvalue weighted by molar-refractivity contribution is 0.376. The lowest BCUT2D eigenvalue weighted by Crippen LogP contribution is -1.98. The summed E-state index contributed by atoms with van der Waals surface area (Å²) in [5, 5.41) is 43.0. The number of phenolic OH excluding ortho intramolecular Hbond substituents is 4. The highest BCUT2D eigenvalue weighted by atomic mass is 35.5. The molecule has 0 spiro atoms. The molecule has 4 aromatic rings. The third-order valence-electron chi connectivity index (χ3n) is 7.34. The van der Waals surface area contributed by atoms with Crippen molar-refractivity contribution >= 4 is 23.2 Å². The number of fused-ring (bicyclic) bond motifs is 6. The SMILES string of the molecule is COc1cc2cc(C)c1Oc1cc(c(O)cc1Cl)C/C=C\Cc1cc(O)cc(O)c1Oc1cc(c(O)cc1C)C/C=C(/Cl)C2. The molecule has 0 unspecified atom stereocenters. The molecule has 7 nitrogen and oxygen atoms in total. The Hall–Kier alpha value is -4.46. The smallest absolute Gasteiger partial charge is 0.172 e. The highest BCUT2D eigenvalue weighted by molar-refractivity contribution is 6.32. The standard InChI is InChI=1S/C35H32Cl2O7/c1-19-11-28(39)23-8-9-25(36)12-21-10-20(2)34(33(13-21)42-3)44-32-16-22(29(40)18-27(32)37)6-4-5-7-24-14-26(38)17-30(41)35(24)43-31(19)15-23/h4-5,9-11,13-18,38-41H,6-8,12H2,1-3H3/b5-4-,25-9+. The van der Waals surface area contributed by atoms with E-state index >= 15 is 0 Å². The maximum atomic E-state index is 10.7. The van der Waals surface area contributed by atoms with Gasteiger partial charge in [0.1, 0.15) is 28.7 Å². The third kappa shape index (κ3) is 6.85. The van der Waals surface area contributed by atoms with Crippen LogP contribution in [-0.2, 0) is 25.7 Å². The second kappa shape index (κ2) is 13.0. The predicted octanol–water partition coefficient (Wildman–Crippen LogP) is 8.94. The van der Waals surface area contributed by atoms with Crippen LogP contribution in [0.2, 0.25) is 5.02 Å². The van der Waals surface area contributed by atoms with Crippen LogP contribution in [0.15, 0.2) is 71.8 Å². The van der Waals surface area contributed by atoms with E-state index in [4.69, 9.17) is 37.4 Å². The van der Waals surface area contributed by atoms with Gasteiger partial charge in [-0.25, -0.2) is 0 Å². The summed E-state index contributed by atoms with van der Waals surface area (Å²) in [7, 11) is 1.55. The normalized spacial score (nSPS) is 15.4. The van der Waals surface area contributed by atoms with Crippen molar-refractivity contribution in [1.29, 1.82) is 0 Å². The molecular formula is C35H32Cl2O7. The van der Waals surface area contributed by atoms with E-state index < -0.39 is 0 Å². The monoisotopic (exact) mass is 634 g/mol. The van der Waals surface area contributed by atoms with Gasteiger partial charge in [-0.05, 0) is 80.1 Å². The lowest BCUT2D eigenvalue weighted by Gasteiger charge is -2.17. The molecule has 0 fully saturated rings. The van der Waals surface area contributed by atoms with Crippen molar-refractivity contribution < 1.29 is 34.6 Å². The van der Waals surface area contributed by atoms with E-state index in [1.165, 1.54) is 18.2 Å². The fraction of sp³-hybridized carbons (Fsp3) is 0.200. The van der Waals surface area contributed by atoms with Gasteiger partial charge in [-0.15, -0.1) is 0 Å². The molecule has 4 aromatic carbocycles. The minimum atomic E-state index is -0.228. The number of benzene rings is 4. The number of methoxy groups -OCH3 is 1. The van der Waals surface area contributed by atoms with E-state index in [2.05, 4.69) is 0 Å². The number of phenols is 4. The molecule has 4 N–H and O–H groups in total. The molecule has 2 aliphatic rings. The van der Waals surface area contributed by atoms with E-state index in [-0.39, 0.29) is 33.8 Å². The van der Waals surface area contributed by atoms with Crippen LogP contribution in [0.5, 0.6) is 51.7 Å². The first-order valence-electron chi connectivity index (χ1n) is 13.9. The zero-order valence-electron chi connectivity index (χ0n) is 24.4. The van der Waals surface area contributed by atoms with Crippen LogP contribution in [0, 0.1) is 13.8 Å². The van der Waals surface area contributed by atoms with Crippen LogP contribution in [0.25, 0.3) is 0 Å². The first-order valence-corrected chi connectivity index (χ1v) is 14.7. The maximum Gasteiger partial charge on any atom is 0.172 e. The number of hydrogen-bond acceptors (Lipinski definition) is 7. The molecule has 2 aliphatic heterocycles. The number of rotatable bonds is 1. The highest BCUT2D eigenvalue weighted by Crippen LogP contribution is 2.42. The largest absolute Gasteiger partial charge is 0.508 e. The second-order valence-electron chi connectivity index (χ2n) is 10.7. The van der Waals surface area contributed by atoms with Gasteiger partial charge in [-0.1, -0.05) is 47.5 Å². The Labute approximate surface area is 265 Å². The molecule has 0 radical (unpaired) electrons. The van der Waals surface area contributed by atoms with Crippen molar-refractivity contribution in [1.82, 2.24) is 0 Å². The summed E-state index contributed by atoms with van der Waals surface area (Å²) in [5.41, 5.74) is 4.05. The molecule has 9 heteroatoms. The maximum absolute atomic E-state index is 10.7. The molecular weight excluding hydrogens is 603 g/mol. The average molecular weight is 636 g/mol.